The van der Waals surface area contributed by atoms with Gasteiger partial charge in [0.25, 0.3) is 10.2 Å². The van der Waals surface area contributed by atoms with E-state index in [4.69, 9.17) is 0 Å². The molecule has 0 atom stereocenters. The minimum atomic E-state index is -3.42. The van der Waals surface area contributed by atoms with E-state index in [0.717, 1.165) is 42.0 Å². The van der Waals surface area contributed by atoms with Crippen molar-refractivity contribution < 1.29 is 8.42 Å². The Kier molecular flexibility index (Phi) is 6.48. The highest BCUT2D eigenvalue weighted by molar-refractivity contribution is 7.87. The van der Waals surface area contributed by atoms with Crippen molar-refractivity contribution in [3.05, 3.63) is 47.9 Å². The van der Waals surface area contributed by atoms with Gasteiger partial charge in [-0.1, -0.05) is 18.2 Å². The molecule has 2 heterocycles. The largest absolute Gasteiger partial charge is 0.368 e. The molecule has 8 nitrogen and oxygen atoms in total. The number of piperazine rings is 1. The maximum absolute atomic E-state index is 11.8. The summed E-state index contributed by atoms with van der Waals surface area (Å²) in [6.45, 7) is 5.82. The summed E-state index contributed by atoms with van der Waals surface area (Å²) in [5, 5.41) is 0. The van der Waals surface area contributed by atoms with Gasteiger partial charge in [0.15, 0.2) is 0 Å². The van der Waals surface area contributed by atoms with Gasteiger partial charge >= 0.3 is 0 Å². The van der Waals surface area contributed by atoms with E-state index < -0.39 is 10.2 Å². The molecule has 152 valence electrons. The van der Waals surface area contributed by atoms with Crippen LogP contribution in [0.25, 0.3) is 0 Å². The van der Waals surface area contributed by atoms with Gasteiger partial charge in [-0.15, -0.1) is 0 Å². The summed E-state index contributed by atoms with van der Waals surface area (Å²) in [6.07, 6.45) is 0.521. The molecule has 0 aliphatic carbocycles. The van der Waals surface area contributed by atoms with Crippen LogP contribution in [0.15, 0.2) is 36.4 Å². The van der Waals surface area contributed by atoms with Crippen LogP contribution in [0.1, 0.15) is 11.5 Å². The maximum Gasteiger partial charge on any atom is 0.278 e. The van der Waals surface area contributed by atoms with Gasteiger partial charge < -0.3 is 9.80 Å². The number of nitrogens with zero attached hydrogens (tertiary/aromatic N) is 5. The van der Waals surface area contributed by atoms with Crippen LogP contribution in [0.4, 0.5) is 11.5 Å². The second-order valence-corrected chi connectivity index (χ2v) is 8.98. The average molecular weight is 405 g/mol. The molecular weight excluding hydrogens is 376 g/mol. The standard InChI is InChI=1S/C19H28N6O2S/c1-16-21-17(9-10-20-28(26,27)23(2)3)15-19(22-16)25-13-11-24(12-14-25)18-7-5-4-6-8-18/h4-8,15,20H,9-14H2,1-3H3. The zero-order valence-electron chi connectivity index (χ0n) is 16.7. The topological polar surface area (TPSA) is 81.7 Å². The molecule has 1 fully saturated rings. The number of aromatic nitrogens is 2. The van der Waals surface area contributed by atoms with E-state index in [9.17, 15) is 8.42 Å². The van der Waals surface area contributed by atoms with Crippen molar-refractivity contribution in [1.29, 1.82) is 0 Å². The van der Waals surface area contributed by atoms with E-state index in [-0.39, 0.29) is 0 Å². The molecule has 1 aromatic heterocycles. The first kappa shape index (κ1) is 20.5. The molecule has 1 aliphatic rings. The van der Waals surface area contributed by atoms with Crippen LogP contribution < -0.4 is 14.5 Å². The summed E-state index contributed by atoms with van der Waals surface area (Å²) in [5.41, 5.74) is 2.09. The van der Waals surface area contributed by atoms with Gasteiger partial charge in [-0.2, -0.15) is 12.7 Å². The molecule has 9 heteroatoms. The molecule has 1 aromatic carbocycles. The number of hydrogen-bond donors (Lipinski definition) is 1. The van der Waals surface area contributed by atoms with Gasteiger partial charge in [0, 0.05) is 70.7 Å². The molecule has 0 radical (unpaired) electrons. The van der Waals surface area contributed by atoms with Crippen molar-refractivity contribution in [2.45, 2.75) is 13.3 Å². The molecule has 3 rings (SSSR count). The number of hydrogen-bond acceptors (Lipinski definition) is 6. The van der Waals surface area contributed by atoms with E-state index in [2.05, 4.69) is 48.8 Å². The predicted octanol–water partition coefficient (Wildman–Crippen LogP) is 1.05. The van der Waals surface area contributed by atoms with Crippen molar-refractivity contribution in [2.24, 2.45) is 0 Å². The Morgan fingerprint density at radius 2 is 1.68 bits per heavy atom. The second kappa shape index (κ2) is 8.85. The summed E-state index contributed by atoms with van der Waals surface area (Å²) < 4.78 is 27.4. The predicted molar refractivity (Wildman–Crippen MR) is 112 cm³/mol. The molecule has 1 saturated heterocycles. The Balaban J connectivity index is 1.61. The lowest BCUT2D eigenvalue weighted by Gasteiger charge is -2.36. The fraction of sp³-hybridized carbons (Fsp3) is 0.474. The Bertz CT molecular complexity index is 881. The lowest BCUT2D eigenvalue weighted by Crippen LogP contribution is -2.47. The summed E-state index contributed by atoms with van der Waals surface area (Å²) >= 11 is 0. The molecule has 1 N–H and O–H groups in total. The monoisotopic (exact) mass is 404 g/mol. The van der Waals surface area contributed by atoms with Crippen LogP contribution in [-0.2, 0) is 16.6 Å². The lowest BCUT2D eigenvalue weighted by molar-refractivity contribution is 0.505. The van der Waals surface area contributed by atoms with Gasteiger partial charge in [-0.25, -0.2) is 14.7 Å². The quantitative estimate of drug-likeness (QED) is 0.743. The van der Waals surface area contributed by atoms with E-state index in [1.54, 1.807) is 0 Å². The smallest absolute Gasteiger partial charge is 0.278 e. The maximum atomic E-state index is 11.8. The zero-order valence-corrected chi connectivity index (χ0v) is 17.5. The van der Waals surface area contributed by atoms with Crippen LogP contribution in [0.3, 0.4) is 0 Å². The van der Waals surface area contributed by atoms with Crippen molar-refractivity contribution in [2.75, 3.05) is 56.6 Å². The molecule has 0 saturated carbocycles. The highest BCUT2D eigenvalue weighted by Crippen LogP contribution is 2.19. The Morgan fingerprint density at radius 3 is 2.32 bits per heavy atom. The van der Waals surface area contributed by atoms with Gasteiger partial charge in [0.2, 0.25) is 0 Å². The first-order chi connectivity index (χ1) is 13.3. The number of nitrogens with one attached hydrogen (secondary N) is 1. The fourth-order valence-corrected chi connectivity index (χ4v) is 3.79. The molecular formula is C19H28N6O2S. The van der Waals surface area contributed by atoms with E-state index in [1.807, 2.05) is 19.1 Å². The van der Waals surface area contributed by atoms with Gasteiger partial charge in [0.05, 0.1) is 0 Å². The zero-order chi connectivity index (χ0) is 20.1. The van der Waals surface area contributed by atoms with Crippen molar-refractivity contribution in [1.82, 2.24) is 19.0 Å². The molecule has 0 bridgehead atoms. The highest BCUT2D eigenvalue weighted by atomic mass is 32.2. The minimum absolute atomic E-state index is 0.304. The third kappa shape index (κ3) is 5.18. The highest BCUT2D eigenvalue weighted by Gasteiger charge is 2.19. The Morgan fingerprint density at radius 1 is 1.04 bits per heavy atom. The van der Waals surface area contributed by atoms with Gasteiger partial charge in [0.1, 0.15) is 11.6 Å². The molecule has 0 spiro atoms. The van der Waals surface area contributed by atoms with Gasteiger partial charge in [-0.05, 0) is 19.1 Å². The second-order valence-electron chi connectivity index (χ2n) is 7.01. The molecule has 0 unspecified atom stereocenters. The lowest BCUT2D eigenvalue weighted by atomic mass is 10.2. The van der Waals surface area contributed by atoms with E-state index in [1.165, 1.54) is 19.8 Å². The van der Waals surface area contributed by atoms with Crippen molar-refractivity contribution in [3.63, 3.8) is 0 Å². The summed E-state index contributed by atoms with van der Waals surface area (Å²) in [6, 6.07) is 12.4. The van der Waals surface area contributed by atoms with Gasteiger partial charge in [-0.3, -0.25) is 0 Å². The number of benzene rings is 1. The average Bonchev–Trinajstić information content (AvgIpc) is 2.68. The first-order valence-electron chi connectivity index (χ1n) is 9.42. The third-order valence-corrected chi connectivity index (χ3v) is 6.28. The molecule has 2 aromatic rings. The van der Waals surface area contributed by atoms with Crippen LogP contribution in [0, 0.1) is 6.92 Å². The summed E-state index contributed by atoms with van der Waals surface area (Å²) in [7, 11) is -0.409. The van der Waals surface area contributed by atoms with E-state index >= 15 is 0 Å². The van der Waals surface area contributed by atoms with Crippen molar-refractivity contribution in [3.8, 4) is 0 Å². The first-order valence-corrected chi connectivity index (χ1v) is 10.9. The van der Waals surface area contributed by atoms with E-state index in [0.29, 0.717) is 18.8 Å². The Labute approximate surface area is 167 Å². The number of anilines is 2. The van der Waals surface area contributed by atoms with Crippen LogP contribution in [-0.4, -0.2) is 69.5 Å². The molecule has 0 amide bonds. The molecule has 1 aliphatic heterocycles. The fourth-order valence-electron chi connectivity index (χ4n) is 3.17. The summed E-state index contributed by atoms with van der Waals surface area (Å²) in [4.78, 5) is 13.7. The third-order valence-electron chi connectivity index (χ3n) is 4.75. The Hall–Kier alpha value is -2.23. The number of rotatable bonds is 7. The minimum Gasteiger partial charge on any atom is -0.368 e. The van der Waals surface area contributed by atoms with Crippen LogP contribution in [0.2, 0.25) is 0 Å². The molecule has 28 heavy (non-hydrogen) atoms. The van der Waals surface area contributed by atoms with Crippen LogP contribution >= 0.6 is 0 Å². The SMILES string of the molecule is Cc1nc(CCNS(=O)(=O)N(C)C)cc(N2CCN(c3ccccc3)CC2)n1. The number of aryl methyl sites for hydroxylation is 1. The number of para-hydroxylation sites is 1. The van der Waals surface area contributed by atoms with Crippen LogP contribution in [0.5, 0.6) is 0 Å². The summed E-state index contributed by atoms with van der Waals surface area (Å²) in [5.74, 6) is 1.61. The van der Waals surface area contributed by atoms with Crippen molar-refractivity contribution >= 4 is 21.7 Å². The normalized spacial score (nSPS) is 15.3.